The molecule has 0 aromatic rings. The van der Waals surface area contributed by atoms with Gasteiger partial charge in [-0.3, -0.25) is 9.36 Å². The molecule has 3 aliphatic rings. The summed E-state index contributed by atoms with van der Waals surface area (Å²) in [5.74, 6) is 0.782. The van der Waals surface area contributed by atoms with E-state index in [9.17, 15) is 17.8 Å². The van der Waals surface area contributed by atoms with Crippen molar-refractivity contribution >= 4 is 33.8 Å². The number of ether oxygens (including phenoxy) is 1. The van der Waals surface area contributed by atoms with Crippen molar-refractivity contribution in [2.24, 2.45) is 0 Å². The molecule has 19 heavy (non-hydrogen) atoms. The fourth-order valence-corrected chi connectivity index (χ4v) is 4.55. The van der Waals surface area contributed by atoms with Gasteiger partial charge in [0.15, 0.2) is 0 Å². The number of hydrogen-bond donors (Lipinski definition) is 0. The fourth-order valence-electron chi connectivity index (χ4n) is 1.45. The van der Waals surface area contributed by atoms with Crippen LogP contribution >= 0.6 is 18.0 Å². The number of halogens is 1. The van der Waals surface area contributed by atoms with Gasteiger partial charge in [0.1, 0.15) is 16.4 Å². The average Bonchev–Trinajstić information content (AvgIpc) is 2.85. The van der Waals surface area contributed by atoms with Crippen LogP contribution in [0.3, 0.4) is 0 Å². The molecule has 0 N–H and O–H groups in total. The van der Waals surface area contributed by atoms with E-state index in [4.69, 9.17) is 11.2 Å². The Bertz CT molecular complexity index is 421. The number of hydrogen-bond acceptors (Lipinski definition) is 6. The van der Waals surface area contributed by atoms with Crippen molar-refractivity contribution in [1.29, 1.82) is 0 Å². The van der Waals surface area contributed by atoms with Crippen molar-refractivity contribution in [3.05, 3.63) is 0 Å². The lowest BCUT2D eigenvalue weighted by atomic mass is 10.4. The molecule has 1 atom stereocenters. The van der Waals surface area contributed by atoms with Crippen LogP contribution in [0.5, 0.6) is 0 Å². The van der Waals surface area contributed by atoms with Gasteiger partial charge in [0.2, 0.25) is 0 Å². The second-order valence-corrected chi connectivity index (χ2v) is 10.1. The first-order valence-corrected chi connectivity index (χ1v) is 10.6. The van der Waals surface area contributed by atoms with Gasteiger partial charge in [-0.15, -0.1) is 0 Å². The summed E-state index contributed by atoms with van der Waals surface area (Å²) in [5, 5.41) is 0. The molecule has 0 bridgehead atoms. The Labute approximate surface area is 118 Å². The molecular formula is C10H18ClO6PS. The predicted octanol–water partition coefficient (Wildman–Crippen LogP) is 1.97. The molecule has 3 aliphatic heterocycles. The summed E-state index contributed by atoms with van der Waals surface area (Å²) >= 11 is 5.30. The van der Waals surface area contributed by atoms with E-state index < -0.39 is 16.6 Å². The van der Waals surface area contributed by atoms with Crippen molar-refractivity contribution in [1.82, 2.24) is 0 Å². The molecular weight excluding hydrogens is 315 g/mol. The van der Waals surface area contributed by atoms with Gasteiger partial charge in [0, 0.05) is 6.16 Å². The molecule has 3 saturated heterocycles. The lowest BCUT2D eigenvalue weighted by Crippen LogP contribution is -2.18. The predicted molar refractivity (Wildman–Crippen MR) is 72.4 cm³/mol. The lowest BCUT2D eigenvalue weighted by Gasteiger charge is -2.09. The quantitative estimate of drug-likeness (QED) is 0.498. The highest BCUT2D eigenvalue weighted by Crippen LogP contribution is 2.56. The Morgan fingerprint density at radius 2 is 1.63 bits per heavy atom. The van der Waals surface area contributed by atoms with Crippen molar-refractivity contribution < 1.29 is 27.0 Å². The van der Waals surface area contributed by atoms with E-state index in [0.29, 0.717) is 37.3 Å². The average molecular weight is 333 g/mol. The van der Waals surface area contributed by atoms with E-state index in [0.717, 1.165) is 19.3 Å². The fraction of sp³-hybridized carbons (Fsp3) is 0.900. The third-order valence-corrected chi connectivity index (χ3v) is 6.62. The lowest BCUT2D eigenvalue weighted by molar-refractivity contribution is -0.157. The van der Waals surface area contributed by atoms with Gasteiger partial charge < -0.3 is 9.26 Å². The summed E-state index contributed by atoms with van der Waals surface area (Å²) < 4.78 is 40.4. The van der Waals surface area contributed by atoms with Crippen LogP contribution < -0.4 is 0 Å². The molecule has 3 fully saturated rings. The SMILES string of the molecule is O=C1CCO1.O=P1(Cl)CCCO1.O=S1(=O)CCCC1. The summed E-state index contributed by atoms with van der Waals surface area (Å²) in [7, 11) is -2.55. The van der Waals surface area contributed by atoms with Gasteiger partial charge in [-0.1, -0.05) is 0 Å². The topological polar surface area (TPSA) is 86.7 Å². The van der Waals surface area contributed by atoms with Crippen LogP contribution in [0.25, 0.3) is 0 Å². The van der Waals surface area contributed by atoms with Crippen LogP contribution in [0, 0.1) is 0 Å². The minimum Gasteiger partial charge on any atom is -0.465 e. The minimum atomic E-state index is -2.57. The molecule has 0 saturated carbocycles. The second kappa shape index (κ2) is 7.62. The van der Waals surface area contributed by atoms with Gasteiger partial charge in [0.25, 0.3) is 6.72 Å². The minimum absolute atomic E-state index is 0.0648. The molecule has 0 aromatic heterocycles. The second-order valence-electron chi connectivity index (χ2n) is 4.33. The summed E-state index contributed by atoms with van der Waals surface area (Å²) in [6.45, 7) is -1.36. The molecule has 3 rings (SSSR count). The molecule has 0 aliphatic carbocycles. The molecule has 0 radical (unpaired) electrons. The van der Waals surface area contributed by atoms with Crippen molar-refractivity contribution in [2.45, 2.75) is 25.7 Å². The van der Waals surface area contributed by atoms with E-state index in [2.05, 4.69) is 9.26 Å². The number of cyclic esters (lactones) is 1. The molecule has 112 valence electrons. The Morgan fingerprint density at radius 1 is 1.11 bits per heavy atom. The summed E-state index contributed by atoms with van der Waals surface area (Å²) in [6.07, 6.45) is 3.78. The highest BCUT2D eigenvalue weighted by Gasteiger charge is 2.24. The number of carbonyl (C=O) groups excluding carboxylic acids is 1. The zero-order chi connectivity index (χ0) is 14.4. The molecule has 0 amide bonds. The van der Waals surface area contributed by atoms with Crippen LogP contribution in [-0.2, 0) is 28.5 Å². The zero-order valence-electron chi connectivity index (χ0n) is 10.5. The highest BCUT2D eigenvalue weighted by molar-refractivity contribution is 7.91. The molecule has 6 nitrogen and oxygen atoms in total. The first kappa shape index (κ1) is 17.0. The van der Waals surface area contributed by atoms with Crippen molar-refractivity contribution in [3.8, 4) is 0 Å². The van der Waals surface area contributed by atoms with E-state index in [1.165, 1.54) is 0 Å². The first-order valence-electron chi connectivity index (χ1n) is 6.10. The smallest absolute Gasteiger partial charge is 0.309 e. The van der Waals surface area contributed by atoms with Crippen LogP contribution in [0.2, 0.25) is 0 Å². The number of esters is 1. The highest BCUT2D eigenvalue weighted by atomic mass is 35.7. The standard InChI is InChI=1S/C4H8O2S.C3H6ClO2P.C3H4O2/c5-7(6)3-1-2-4-7;4-7(5)3-1-2-6-7;4-3-1-2-5-3/h1-4H2;1-3H2;1-2H2. The monoisotopic (exact) mass is 332 g/mol. The third-order valence-electron chi connectivity index (χ3n) is 2.58. The Balaban J connectivity index is 0.000000145. The van der Waals surface area contributed by atoms with Gasteiger partial charge in [-0.2, -0.15) is 0 Å². The van der Waals surface area contributed by atoms with Crippen LogP contribution in [0.1, 0.15) is 25.7 Å². The number of carbonyl (C=O) groups is 1. The van der Waals surface area contributed by atoms with E-state index in [1.54, 1.807) is 0 Å². The van der Waals surface area contributed by atoms with Crippen molar-refractivity contribution in [2.75, 3.05) is 30.9 Å². The van der Waals surface area contributed by atoms with E-state index in [1.807, 2.05) is 0 Å². The Kier molecular flexibility index (Phi) is 6.80. The summed E-state index contributed by atoms with van der Waals surface area (Å²) in [5.41, 5.74) is 0. The van der Waals surface area contributed by atoms with Gasteiger partial charge in [0.05, 0.1) is 24.5 Å². The van der Waals surface area contributed by atoms with Gasteiger partial charge >= 0.3 is 5.97 Å². The number of rotatable bonds is 0. The molecule has 3 heterocycles. The maximum absolute atomic E-state index is 10.6. The molecule has 1 unspecified atom stereocenters. The normalized spacial score (nSPS) is 31.1. The molecule has 9 heteroatoms. The van der Waals surface area contributed by atoms with Crippen molar-refractivity contribution in [3.63, 3.8) is 0 Å². The maximum atomic E-state index is 10.6. The zero-order valence-corrected chi connectivity index (χ0v) is 13.0. The van der Waals surface area contributed by atoms with Gasteiger partial charge in [-0.25, -0.2) is 8.42 Å². The maximum Gasteiger partial charge on any atom is 0.309 e. The largest absolute Gasteiger partial charge is 0.465 e. The van der Waals surface area contributed by atoms with Crippen LogP contribution in [0.15, 0.2) is 0 Å². The molecule has 0 aromatic carbocycles. The molecule has 0 spiro atoms. The Hall–Kier alpha value is -0.100. The third kappa shape index (κ3) is 7.92. The van der Waals surface area contributed by atoms with Crippen LogP contribution in [0.4, 0.5) is 0 Å². The van der Waals surface area contributed by atoms with Crippen LogP contribution in [-0.4, -0.2) is 45.3 Å². The summed E-state index contributed by atoms with van der Waals surface area (Å²) in [6, 6.07) is 0. The first-order chi connectivity index (χ1) is 8.81. The Morgan fingerprint density at radius 3 is 1.74 bits per heavy atom. The van der Waals surface area contributed by atoms with E-state index in [-0.39, 0.29) is 5.97 Å². The van der Waals surface area contributed by atoms with Gasteiger partial charge in [-0.05, 0) is 30.5 Å². The number of sulfone groups is 1. The summed E-state index contributed by atoms with van der Waals surface area (Å²) in [4.78, 5) is 9.68. The van der Waals surface area contributed by atoms with E-state index >= 15 is 0 Å².